The molecule has 3 aromatic carbocycles. The highest BCUT2D eigenvalue weighted by molar-refractivity contribution is 7.07. The standard InChI is InChI=1S/C28H22Cl2N2O4S/c1-4-36-27(34)22-15(2)31-28-32(26(33)21(37-28)14-17-9-7-11-19(29)24(17)30)25(22)23-18-10-6-5-8-16(18)12-13-20(23)35-3/h5-14,25H,4H2,1-3H3/b21-14-/t25-/m0/s1. The largest absolute Gasteiger partial charge is 0.496 e. The van der Waals surface area contributed by atoms with Crippen LogP contribution >= 0.6 is 34.5 Å². The van der Waals surface area contributed by atoms with Gasteiger partial charge >= 0.3 is 5.97 Å². The normalized spacial score (nSPS) is 15.5. The smallest absolute Gasteiger partial charge is 0.338 e. The van der Waals surface area contributed by atoms with E-state index in [1.807, 2.05) is 36.4 Å². The van der Waals surface area contributed by atoms with Crippen molar-refractivity contribution in [2.75, 3.05) is 13.7 Å². The molecule has 0 saturated heterocycles. The Kier molecular flexibility index (Phi) is 6.94. The van der Waals surface area contributed by atoms with Gasteiger partial charge in [-0.1, -0.05) is 77.0 Å². The molecular formula is C28H22Cl2N2O4S. The number of nitrogens with zero attached hydrogens (tertiary/aromatic N) is 2. The number of rotatable bonds is 5. The van der Waals surface area contributed by atoms with Gasteiger partial charge in [-0.15, -0.1) is 0 Å². The zero-order chi connectivity index (χ0) is 26.3. The number of thiazole rings is 1. The number of esters is 1. The Bertz CT molecular complexity index is 1770. The maximum Gasteiger partial charge on any atom is 0.338 e. The number of benzene rings is 3. The average molecular weight is 553 g/mol. The predicted molar refractivity (Wildman–Crippen MR) is 147 cm³/mol. The molecular weight excluding hydrogens is 531 g/mol. The number of aromatic nitrogens is 1. The quantitative estimate of drug-likeness (QED) is 0.316. The van der Waals surface area contributed by atoms with Crippen LogP contribution in [0.25, 0.3) is 16.8 Å². The van der Waals surface area contributed by atoms with E-state index < -0.39 is 12.0 Å². The van der Waals surface area contributed by atoms with Crippen LogP contribution in [0.15, 0.2) is 75.7 Å². The van der Waals surface area contributed by atoms with Crippen LogP contribution < -0.4 is 19.6 Å². The summed E-state index contributed by atoms with van der Waals surface area (Å²) in [7, 11) is 1.57. The van der Waals surface area contributed by atoms with Gasteiger partial charge in [-0.05, 0) is 48.4 Å². The molecule has 2 heterocycles. The van der Waals surface area contributed by atoms with Crippen molar-refractivity contribution >= 4 is 57.4 Å². The maximum atomic E-state index is 14.0. The second kappa shape index (κ2) is 10.2. The molecule has 6 nitrogen and oxygen atoms in total. The molecule has 1 aliphatic heterocycles. The van der Waals surface area contributed by atoms with Crippen molar-refractivity contribution in [1.29, 1.82) is 0 Å². The minimum Gasteiger partial charge on any atom is -0.496 e. The molecule has 1 aliphatic rings. The molecule has 0 bridgehead atoms. The zero-order valence-electron chi connectivity index (χ0n) is 20.2. The fraction of sp³-hybridized carbons (Fsp3) is 0.179. The molecule has 188 valence electrons. The first kappa shape index (κ1) is 25.3. The lowest BCUT2D eigenvalue weighted by molar-refractivity contribution is -0.139. The molecule has 4 aromatic rings. The Morgan fingerprint density at radius 1 is 1.14 bits per heavy atom. The Balaban J connectivity index is 1.86. The maximum absolute atomic E-state index is 14.0. The van der Waals surface area contributed by atoms with Crippen LogP contribution in [0.4, 0.5) is 0 Å². The van der Waals surface area contributed by atoms with E-state index in [-0.39, 0.29) is 17.7 Å². The Hall–Kier alpha value is -3.39. The molecule has 0 saturated carbocycles. The van der Waals surface area contributed by atoms with Gasteiger partial charge in [0.25, 0.3) is 5.56 Å². The Morgan fingerprint density at radius 2 is 1.92 bits per heavy atom. The van der Waals surface area contributed by atoms with E-state index in [1.165, 1.54) is 11.3 Å². The van der Waals surface area contributed by atoms with Gasteiger partial charge in [-0.3, -0.25) is 9.36 Å². The van der Waals surface area contributed by atoms with Gasteiger partial charge in [0.05, 0.1) is 39.6 Å². The second-order valence-electron chi connectivity index (χ2n) is 8.35. The van der Waals surface area contributed by atoms with Crippen LogP contribution in [-0.2, 0) is 9.53 Å². The van der Waals surface area contributed by atoms with Gasteiger partial charge in [-0.2, -0.15) is 0 Å². The van der Waals surface area contributed by atoms with Crippen molar-refractivity contribution < 1.29 is 14.3 Å². The Labute approximate surface area is 226 Å². The van der Waals surface area contributed by atoms with Crippen molar-refractivity contribution in [3.8, 4) is 5.75 Å². The molecule has 5 rings (SSSR count). The third kappa shape index (κ3) is 4.37. The topological polar surface area (TPSA) is 69.9 Å². The summed E-state index contributed by atoms with van der Waals surface area (Å²) in [6.45, 7) is 3.68. The third-order valence-electron chi connectivity index (χ3n) is 6.21. The van der Waals surface area contributed by atoms with Gasteiger partial charge in [0, 0.05) is 5.56 Å². The van der Waals surface area contributed by atoms with E-state index in [0.717, 1.165) is 10.8 Å². The molecule has 0 N–H and O–H groups in total. The summed E-state index contributed by atoms with van der Waals surface area (Å²) in [6.07, 6.45) is 1.69. The molecule has 37 heavy (non-hydrogen) atoms. The number of methoxy groups -OCH3 is 1. The number of ether oxygens (including phenoxy) is 2. The lowest BCUT2D eigenvalue weighted by Gasteiger charge is -2.27. The van der Waals surface area contributed by atoms with Crippen LogP contribution in [0.2, 0.25) is 10.0 Å². The molecule has 0 fully saturated rings. The van der Waals surface area contributed by atoms with Crippen molar-refractivity contribution in [3.05, 3.63) is 107 Å². The van der Waals surface area contributed by atoms with E-state index in [9.17, 15) is 9.59 Å². The number of hydrogen-bond donors (Lipinski definition) is 0. The summed E-state index contributed by atoms with van der Waals surface area (Å²) in [5.41, 5.74) is 1.75. The highest BCUT2D eigenvalue weighted by Gasteiger charge is 2.36. The lowest BCUT2D eigenvalue weighted by atomic mass is 9.90. The number of allylic oxidation sites excluding steroid dienone is 1. The number of halogens is 2. The second-order valence-corrected chi connectivity index (χ2v) is 10.1. The van der Waals surface area contributed by atoms with E-state index >= 15 is 0 Å². The summed E-state index contributed by atoms with van der Waals surface area (Å²) in [4.78, 5) is 32.4. The van der Waals surface area contributed by atoms with Crippen molar-refractivity contribution in [2.45, 2.75) is 19.9 Å². The molecule has 0 aliphatic carbocycles. The van der Waals surface area contributed by atoms with Gasteiger partial charge in [0.2, 0.25) is 0 Å². The number of fused-ring (bicyclic) bond motifs is 2. The molecule has 1 atom stereocenters. The van der Waals surface area contributed by atoms with Crippen molar-refractivity contribution in [3.63, 3.8) is 0 Å². The number of hydrogen-bond acceptors (Lipinski definition) is 6. The minimum atomic E-state index is -0.812. The fourth-order valence-electron chi connectivity index (χ4n) is 4.57. The van der Waals surface area contributed by atoms with Gasteiger partial charge < -0.3 is 9.47 Å². The van der Waals surface area contributed by atoms with Crippen LogP contribution in [0.3, 0.4) is 0 Å². The number of carbonyl (C=O) groups is 1. The van der Waals surface area contributed by atoms with E-state index in [4.69, 9.17) is 32.7 Å². The van der Waals surface area contributed by atoms with E-state index in [1.54, 1.807) is 49.8 Å². The summed E-state index contributed by atoms with van der Waals surface area (Å²) in [5, 5.41) is 2.55. The first-order valence-electron chi connectivity index (χ1n) is 11.5. The zero-order valence-corrected chi connectivity index (χ0v) is 22.6. The van der Waals surface area contributed by atoms with Crippen molar-refractivity contribution in [1.82, 2.24) is 4.57 Å². The first-order valence-corrected chi connectivity index (χ1v) is 13.1. The first-order chi connectivity index (χ1) is 17.8. The number of carbonyl (C=O) groups excluding carboxylic acids is 1. The minimum absolute atomic E-state index is 0.187. The summed E-state index contributed by atoms with van der Waals surface area (Å²) in [6, 6.07) is 16.0. The van der Waals surface area contributed by atoms with Crippen LogP contribution in [0.5, 0.6) is 5.75 Å². The average Bonchev–Trinajstić information content (AvgIpc) is 3.19. The molecule has 0 radical (unpaired) electrons. The molecule has 1 aromatic heterocycles. The van der Waals surface area contributed by atoms with Gasteiger partial charge in [-0.25, -0.2) is 9.79 Å². The SMILES string of the molecule is CCOC(=O)C1=C(C)N=c2s/c(=C\c3cccc(Cl)c3Cl)c(=O)n2[C@@H]1c1c(OC)ccc2ccccc12. The fourth-order valence-corrected chi connectivity index (χ4v) is 5.97. The summed E-state index contributed by atoms with van der Waals surface area (Å²) in [5.74, 6) is 0.0172. The van der Waals surface area contributed by atoms with Gasteiger partial charge in [0.1, 0.15) is 11.8 Å². The highest BCUT2D eigenvalue weighted by atomic mass is 35.5. The molecule has 9 heteroatoms. The predicted octanol–water partition coefficient (Wildman–Crippen LogP) is 5.27. The lowest BCUT2D eigenvalue weighted by Crippen LogP contribution is -2.40. The molecule has 0 spiro atoms. The van der Waals surface area contributed by atoms with Crippen LogP contribution in [0, 0.1) is 0 Å². The monoisotopic (exact) mass is 552 g/mol. The summed E-state index contributed by atoms with van der Waals surface area (Å²) >= 11 is 13.8. The highest BCUT2D eigenvalue weighted by Crippen LogP contribution is 2.40. The van der Waals surface area contributed by atoms with Gasteiger partial charge in [0.15, 0.2) is 4.80 Å². The van der Waals surface area contributed by atoms with Crippen LogP contribution in [-0.4, -0.2) is 24.3 Å². The Morgan fingerprint density at radius 3 is 2.68 bits per heavy atom. The van der Waals surface area contributed by atoms with Crippen LogP contribution in [0.1, 0.15) is 31.0 Å². The molecule has 0 unspecified atom stereocenters. The summed E-state index contributed by atoms with van der Waals surface area (Å²) < 4.78 is 13.1. The van der Waals surface area contributed by atoms with Crippen molar-refractivity contribution in [2.24, 2.45) is 4.99 Å². The third-order valence-corrected chi connectivity index (χ3v) is 8.03. The molecule has 0 amide bonds. The van der Waals surface area contributed by atoms with E-state index in [2.05, 4.69) is 4.99 Å². The van der Waals surface area contributed by atoms with E-state index in [0.29, 0.717) is 42.0 Å².